The van der Waals surface area contributed by atoms with E-state index >= 15 is 0 Å². The first kappa shape index (κ1) is 20.9. The molecule has 29 heavy (non-hydrogen) atoms. The number of nitrogens with one attached hydrogen (secondary N) is 1. The first-order valence-electron chi connectivity index (χ1n) is 8.81. The fraction of sp³-hybridized carbons (Fsp3) is 0.263. The van der Waals surface area contributed by atoms with Crippen molar-refractivity contribution < 1.29 is 19.4 Å². The van der Waals surface area contributed by atoms with E-state index in [2.05, 4.69) is 10.3 Å². The molecule has 3 aromatic rings. The number of benzene rings is 1. The van der Waals surface area contributed by atoms with Gasteiger partial charge >= 0.3 is 0 Å². The predicted octanol–water partition coefficient (Wildman–Crippen LogP) is 1.73. The Morgan fingerprint density at radius 3 is 2.72 bits per heavy atom. The lowest BCUT2D eigenvalue weighted by Crippen LogP contribution is -2.29. The standard InChI is InChI=1S/C19H19N3O5S2/c1-2-27-13-5-3-12(4-6-13)20-15(23)11-29-19-21-14-8-10-28-17(14)18(26)22(19)9-7-16(24)25/h3-6,8,10H,2,7,9,11H2,1H3,(H,20,23)(H,24,25)/p-1. The lowest BCUT2D eigenvalue weighted by atomic mass is 10.3. The number of carboxylic acids is 1. The number of aliphatic carboxylic acids is 1. The van der Waals surface area contributed by atoms with Crippen LogP contribution in [0.4, 0.5) is 5.69 Å². The third-order valence-electron chi connectivity index (χ3n) is 3.85. The number of carboxylic acid groups (broad SMARTS) is 1. The Morgan fingerprint density at radius 1 is 1.28 bits per heavy atom. The molecule has 0 aliphatic heterocycles. The molecule has 1 N–H and O–H groups in total. The van der Waals surface area contributed by atoms with Crippen LogP contribution in [0.15, 0.2) is 45.7 Å². The Kier molecular flexibility index (Phi) is 6.89. The maximum absolute atomic E-state index is 12.6. The van der Waals surface area contributed by atoms with Crippen molar-refractivity contribution in [3.63, 3.8) is 0 Å². The first-order valence-corrected chi connectivity index (χ1v) is 10.7. The monoisotopic (exact) mass is 432 g/mol. The lowest BCUT2D eigenvalue weighted by molar-refractivity contribution is -0.306. The number of hydrogen-bond acceptors (Lipinski definition) is 8. The van der Waals surface area contributed by atoms with Crippen LogP contribution in [-0.2, 0) is 16.1 Å². The van der Waals surface area contributed by atoms with Gasteiger partial charge in [0.15, 0.2) is 5.16 Å². The quantitative estimate of drug-likeness (QED) is 0.405. The van der Waals surface area contributed by atoms with Crippen LogP contribution in [-0.4, -0.2) is 33.8 Å². The van der Waals surface area contributed by atoms with E-state index in [-0.39, 0.29) is 30.2 Å². The van der Waals surface area contributed by atoms with Crippen molar-refractivity contribution >= 4 is 50.9 Å². The minimum absolute atomic E-state index is 0.0145. The summed E-state index contributed by atoms with van der Waals surface area (Å²) in [6, 6.07) is 8.71. The van der Waals surface area contributed by atoms with Gasteiger partial charge in [-0.3, -0.25) is 14.2 Å². The second-order valence-corrected chi connectivity index (χ2v) is 7.76. The number of amides is 1. The topological polar surface area (TPSA) is 113 Å². The number of thioether (sulfide) groups is 1. The van der Waals surface area contributed by atoms with Gasteiger partial charge < -0.3 is 20.0 Å². The summed E-state index contributed by atoms with van der Waals surface area (Å²) < 4.78 is 7.09. The van der Waals surface area contributed by atoms with Gasteiger partial charge in [0.2, 0.25) is 5.91 Å². The third kappa shape index (κ3) is 5.36. The van der Waals surface area contributed by atoms with Crippen LogP contribution in [0.1, 0.15) is 13.3 Å². The maximum atomic E-state index is 12.6. The minimum Gasteiger partial charge on any atom is -0.550 e. The van der Waals surface area contributed by atoms with Crippen molar-refractivity contribution in [3.8, 4) is 5.75 Å². The Labute approximate surface area is 174 Å². The van der Waals surface area contributed by atoms with Gasteiger partial charge in [-0.15, -0.1) is 11.3 Å². The van der Waals surface area contributed by atoms with Crippen LogP contribution >= 0.6 is 23.1 Å². The smallest absolute Gasteiger partial charge is 0.272 e. The van der Waals surface area contributed by atoms with Gasteiger partial charge in [0.1, 0.15) is 10.4 Å². The van der Waals surface area contributed by atoms with E-state index < -0.39 is 5.97 Å². The molecule has 2 heterocycles. The molecule has 0 atom stereocenters. The van der Waals surface area contributed by atoms with Crippen LogP contribution in [0.25, 0.3) is 10.2 Å². The van der Waals surface area contributed by atoms with Crippen LogP contribution in [0, 0.1) is 0 Å². The highest BCUT2D eigenvalue weighted by molar-refractivity contribution is 7.99. The normalized spacial score (nSPS) is 10.8. The highest BCUT2D eigenvalue weighted by Gasteiger charge is 2.14. The molecule has 1 amide bonds. The van der Waals surface area contributed by atoms with E-state index in [1.54, 1.807) is 35.7 Å². The Bertz CT molecular complexity index is 1080. The van der Waals surface area contributed by atoms with Gasteiger partial charge in [-0.2, -0.15) is 0 Å². The number of nitrogens with zero attached hydrogens (tertiary/aromatic N) is 2. The molecule has 0 aliphatic rings. The van der Waals surface area contributed by atoms with Gasteiger partial charge in [0.25, 0.3) is 5.56 Å². The minimum atomic E-state index is -1.26. The molecule has 0 spiro atoms. The zero-order valence-corrected chi connectivity index (χ0v) is 17.2. The van der Waals surface area contributed by atoms with E-state index in [1.807, 2.05) is 6.92 Å². The summed E-state index contributed by atoms with van der Waals surface area (Å²) in [6.07, 6.45) is -0.315. The van der Waals surface area contributed by atoms with Crippen molar-refractivity contribution in [1.82, 2.24) is 9.55 Å². The van der Waals surface area contributed by atoms with E-state index in [4.69, 9.17) is 4.74 Å². The summed E-state index contributed by atoms with van der Waals surface area (Å²) in [4.78, 5) is 40.2. The van der Waals surface area contributed by atoms with Crippen molar-refractivity contribution in [2.45, 2.75) is 25.0 Å². The molecular formula is C19H18N3O5S2-. The zero-order valence-electron chi connectivity index (χ0n) is 15.5. The number of thiophene rings is 1. The highest BCUT2D eigenvalue weighted by Crippen LogP contribution is 2.22. The van der Waals surface area contributed by atoms with Gasteiger partial charge in [-0.05, 0) is 42.6 Å². The number of carbonyl (C=O) groups is 2. The summed E-state index contributed by atoms with van der Waals surface area (Å²) >= 11 is 2.32. The summed E-state index contributed by atoms with van der Waals surface area (Å²) in [6.45, 7) is 2.38. The van der Waals surface area contributed by atoms with Crippen molar-refractivity contribution in [2.75, 3.05) is 17.7 Å². The van der Waals surface area contributed by atoms with Crippen LogP contribution < -0.4 is 20.7 Å². The fourth-order valence-corrected chi connectivity index (χ4v) is 4.17. The van der Waals surface area contributed by atoms with Crippen molar-refractivity contribution in [3.05, 3.63) is 46.1 Å². The summed E-state index contributed by atoms with van der Waals surface area (Å²) in [5.74, 6) is -0.802. The number of carbonyl (C=O) groups excluding carboxylic acids is 2. The summed E-state index contributed by atoms with van der Waals surface area (Å²) in [7, 11) is 0. The number of fused-ring (bicyclic) bond motifs is 1. The Morgan fingerprint density at radius 2 is 2.03 bits per heavy atom. The van der Waals surface area contributed by atoms with Crippen LogP contribution in [0.3, 0.4) is 0 Å². The molecule has 2 aromatic heterocycles. The van der Waals surface area contributed by atoms with Crippen molar-refractivity contribution in [1.29, 1.82) is 0 Å². The number of anilines is 1. The largest absolute Gasteiger partial charge is 0.550 e. The van der Waals surface area contributed by atoms with Gasteiger partial charge in [0, 0.05) is 24.6 Å². The molecule has 3 rings (SSSR count). The number of rotatable bonds is 9. The Balaban J connectivity index is 1.71. The molecular weight excluding hydrogens is 414 g/mol. The number of ether oxygens (including phenoxy) is 1. The summed E-state index contributed by atoms with van der Waals surface area (Å²) in [5.41, 5.74) is 0.828. The average molecular weight is 433 g/mol. The molecule has 0 fully saturated rings. The predicted molar refractivity (Wildman–Crippen MR) is 110 cm³/mol. The molecule has 1 aromatic carbocycles. The second kappa shape index (κ2) is 9.57. The number of hydrogen-bond donors (Lipinski definition) is 1. The molecule has 10 heteroatoms. The molecule has 0 bridgehead atoms. The molecule has 8 nitrogen and oxygen atoms in total. The van der Waals surface area contributed by atoms with E-state index in [9.17, 15) is 19.5 Å². The van der Waals surface area contributed by atoms with Gasteiger partial charge in [0.05, 0.1) is 17.9 Å². The van der Waals surface area contributed by atoms with Crippen molar-refractivity contribution in [2.24, 2.45) is 0 Å². The average Bonchev–Trinajstić information content (AvgIpc) is 3.16. The zero-order chi connectivity index (χ0) is 20.8. The number of aromatic nitrogens is 2. The van der Waals surface area contributed by atoms with E-state index in [0.717, 1.165) is 11.8 Å². The van der Waals surface area contributed by atoms with Gasteiger partial charge in [-0.1, -0.05) is 11.8 Å². The lowest BCUT2D eigenvalue weighted by Gasteiger charge is -2.12. The molecule has 0 saturated carbocycles. The Hall–Kier alpha value is -2.85. The van der Waals surface area contributed by atoms with Crippen LogP contribution in [0.2, 0.25) is 0 Å². The van der Waals surface area contributed by atoms with Gasteiger partial charge in [-0.25, -0.2) is 4.98 Å². The molecule has 0 saturated heterocycles. The fourth-order valence-electron chi connectivity index (χ4n) is 2.56. The highest BCUT2D eigenvalue weighted by atomic mass is 32.2. The second-order valence-electron chi connectivity index (χ2n) is 5.90. The SMILES string of the molecule is CCOc1ccc(NC(=O)CSc2nc3ccsc3c(=O)n2CCC(=O)[O-])cc1. The third-order valence-corrected chi connectivity index (χ3v) is 5.72. The molecule has 0 radical (unpaired) electrons. The first-order chi connectivity index (χ1) is 14.0. The molecule has 0 aliphatic carbocycles. The van der Waals surface area contributed by atoms with E-state index in [0.29, 0.717) is 33.4 Å². The van der Waals surface area contributed by atoms with Crippen LogP contribution in [0.5, 0.6) is 5.75 Å². The maximum Gasteiger partial charge on any atom is 0.272 e. The molecule has 152 valence electrons. The van der Waals surface area contributed by atoms with E-state index in [1.165, 1.54) is 15.9 Å². The molecule has 0 unspecified atom stereocenters. The summed E-state index contributed by atoms with van der Waals surface area (Å²) in [5, 5.41) is 15.6.